The first-order valence-corrected chi connectivity index (χ1v) is 9.17. The van der Waals surface area contributed by atoms with Crippen LogP contribution in [0.25, 0.3) is 0 Å². The Balaban J connectivity index is 1.55. The second-order valence-corrected chi connectivity index (χ2v) is 7.04. The molecule has 1 spiro atoms. The second kappa shape index (κ2) is 6.59. The molecule has 1 N–H and O–H groups in total. The molecule has 2 aromatic rings. The number of aromatic nitrogens is 3. The minimum Gasteiger partial charge on any atom is -0.348 e. The maximum Gasteiger partial charge on any atom is 0.223 e. The van der Waals surface area contributed by atoms with Crippen LogP contribution in [0.2, 0.25) is 0 Å². The third-order valence-corrected chi connectivity index (χ3v) is 5.70. The van der Waals surface area contributed by atoms with E-state index in [2.05, 4.69) is 36.9 Å². The van der Waals surface area contributed by atoms with Crippen molar-refractivity contribution in [1.82, 2.24) is 24.8 Å². The Morgan fingerprint density at radius 1 is 1.24 bits per heavy atom. The quantitative estimate of drug-likeness (QED) is 0.930. The normalized spacial score (nSPS) is 19.8. The van der Waals surface area contributed by atoms with E-state index in [-0.39, 0.29) is 11.4 Å². The number of likely N-dealkylation sites (tertiary alicyclic amines) is 1. The third kappa shape index (κ3) is 2.84. The number of fused-ring (bicyclic) bond motifs is 2. The number of H-pyrrole nitrogens is 1. The van der Waals surface area contributed by atoms with Gasteiger partial charge in [0.25, 0.3) is 0 Å². The van der Waals surface area contributed by atoms with E-state index in [0.29, 0.717) is 6.42 Å². The molecule has 0 atom stereocenters. The molecule has 2 aliphatic rings. The summed E-state index contributed by atoms with van der Waals surface area (Å²) in [5, 5.41) is 0. The van der Waals surface area contributed by atoms with E-state index in [1.54, 1.807) is 6.33 Å². The fraction of sp³-hybridized carbons (Fsp3) is 0.526. The lowest BCUT2D eigenvalue weighted by molar-refractivity contribution is -0.141. The highest BCUT2D eigenvalue weighted by Crippen LogP contribution is 2.42. The monoisotopic (exact) mass is 339 g/mol. The van der Waals surface area contributed by atoms with E-state index in [0.717, 1.165) is 51.1 Å². The van der Waals surface area contributed by atoms with Gasteiger partial charge in [-0.1, -0.05) is 6.92 Å². The molecule has 0 radical (unpaired) electrons. The maximum absolute atomic E-state index is 12.6. The van der Waals surface area contributed by atoms with Gasteiger partial charge in [0.2, 0.25) is 5.91 Å². The van der Waals surface area contributed by atoms with E-state index in [4.69, 9.17) is 0 Å². The third-order valence-electron chi connectivity index (χ3n) is 5.70. The summed E-state index contributed by atoms with van der Waals surface area (Å²) in [5.41, 5.74) is 3.37. The molecular weight excluding hydrogens is 314 g/mol. The Bertz CT molecular complexity index is 733. The molecule has 0 unspecified atom stereocenters. The number of carbonyl (C=O) groups is 1. The number of nitrogens with one attached hydrogen (secondary N) is 1. The van der Waals surface area contributed by atoms with Crippen molar-refractivity contribution in [3.05, 3.63) is 47.8 Å². The molecule has 0 saturated carbocycles. The van der Waals surface area contributed by atoms with Gasteiger partial charge in [0.1, 0.15) is 0 Å². The smallest absolute Gasteiger partial charge is 0.223 e. The summed E-state index contributed by atoms with van der Waals surface area (Å²) in [4.78, 5) is 29.2. The molecule has 0 aromatic carbocycles. The summed E-state index contributed by atoms with van der Waals surface area (Å²) < 4.78 is 0. The number of aromatic amines is 1. The van der Waals surface area contributed by atoms with E-state index < -0.39 is 0 Å². The molecule has 6 heteroatoms. The molecular formula is C19H25N5O. The molecule has 4 rings (SSSR count). The SMILES string of the molecule is CCC(=O)N1CCc2[nH]cnc2C12CCN(Cc1ccncc1)CC2. The molecule has 0 bridgehead atoms. The number of pyridine rings is 1. The maximum atomic E-state index is 12.6. The zero-order chi connectivity index (χ0) is 17.3. The number of amides is 1. The number of piperidine rings is 1. The molecule has 4 heterocycles. The van der Waals surface area contributed by atoms with Gasteiger partial charge in [-0.25, -0.2) is 4.98 Å². The largest absolute Gasteiger partial charge is 0.348 e. The number of hydrogen-bond acceptors (Lipinski definition) is 4. The summed E-state index contributed by atoms with van der Waals surface area (Å²) in [6, 6.07) is 4.15. The fourth-order valence-corrected chi connectivity index (χ4v) is 4.37. The summed E-state index contributed by atoms with van der Waals surface area (Å²) in [6.07, 6.45) is 8.81. The fourth-order valence-electron chi connectivity index (χ4n) is 4.37. The predicted octanol–water partition coefficient (Wildman–Crippen LogP) is 2.09. The van der Waals surface area contributed by atoms with Crippen LogP contribution in [0.3, 0.4) is 0 Å². The number of nitrogens with zero attached hydrogens (tertiary/aromatic N) is 4. The summed E-state index contributed by atoms with van der Waals surface area (Å²) in [6.45, 7) is 5.64. The first kappa shape index (κ1) is 16.3. The highest BCUT2D eigenvalue weighted by Gasteiger charge is 2.48. The van der Waals surface area contributed by atoms with Crippen LogP contribution in [0.15, 0.2) is 30.9 Å². The van der Waals surface area contributed by atoms with Crippen LogP contribution in [0.5, 0.6) is 0 Å². The molecule has 6 nitrogen and oxygen atoms in total. The lowest BCUT2D eigenvalue weighted by Gasteiger charge is -2.50. The van der Waals surface area contributed by atoms with Gasteiger partial charge in [-0.3, -0.25) is 14.7 Å². The predicted molar refractivity (Wildman–Crippen MR) is 94.7 cm³/mol. The molecule has 1 amide bonds. The molecule has 2 aliphatic heterocycles. The van der Waals surface area contributed by atoms with Gasteiger partial charge in [-0.15, -0.1) is 0 Å². The minimum atomic E-state index is -0.227. The Morgan fingerprint density at radius 2 is 2.00 bits per heavy atom. The van der Waals surface area contributed by atoms with E-state index >= 15 is 0 Å². The minimum absolute atomic E-state index is 0.227. The van der Waals surface area contributed by atoms with Crippen LogP contribution in [-0.4, -0.2) is 50.3 Å². The zero-order valence-electron chi connectivity index (χ0n) is 14.7. The van der Waals surface area contributed by atoms with Crippen molar-refractivity contribution in [3.63, 3.8) is 0 Å². The Kier molecular flexibility index (Phi) is 4.29. The number of imidazole rings is 1. The Labute approximate surface area is 148 Å². The lowest BCUT2D eigenvalue weighted by atomic mass is 9.78. The molecule has 1 fully saturated rings. The number of carbonyl (C=O) groups excluding carboxylic acids is 1. The van der Waals surface area contributed by atoms with Crippen molar-refractivity contribution in [2.45, 2.75) is 44.7 Å². The van der Waals surface area contributed by atoms with Crippen LogP contribution in [0.4, 0.5) is 0 Å². The zero-order valence-corrected chi connectivity index (χ0v) is 14.7. The van der Waals surface area contributed by atoms with Crippen LogP contribution >= 0.6 is 0 Å². The van der Waals surface area contributed by atoms with Crippen molar-refractivity contribution in [3.8, 4) is 0 Å². The molecule has 25 heavy (non-hydrogen) atoms. The van der Waals surface area contributed by atoms with Crippen molar-refractivity contribution in [2.75, 3.05) is 19.6 Å². The van der Waals surface area contributed by atoms with Gasteiger partial charge in [-0.2, -0.15) is 0 Å². The van der Waals surface area contributed by atoms with Gasteiger partial charge in [0, 0.05) is 57.1 Å². The van der Waals surface area contributed by atoms with Gasteiger partial charge in [-0.05, 0) is 30.5 Å². The first-order valence-electron chi connectivity index (χ1n) is 9.17. The van der Waals surface area contributed by atoms with Crippen LogP contribution in [0.1, 0.15) is 43.1 Å². The average molecular weight is 339 g/mol. The van der Waals surface area contributed by atoms with Crippen LogP contribution < -0.4 is 0 Å². The molecule has 132 valence electrons. The average Bonchev–Trinajstić information content (AvgIpc) is 3.14. The summed E-state index contributed by atoms with van der Waals surface area (Å²) in [7, 11) is 0. The highest BCUT2D eigenvalue weighted by molar-refractivity contribution is 5.77. The first-order chi connectivity index (χ1) is 12.2. The number of rotatable bonds is 3. The van der Waals surface area contributed by atoms with Gasteiger partial charge >= 0.3 is 0 Å². The topological polar surface area (TPSA) is 65.1 Å². The van der Waals surface area contributed by atoms with Gasteiger partial charge in [0.15, 0.2) is 0 Å². The summed E-state index contributed by atoms with van der Waals surface area (Å²) in [5.74, 6) is 0.247. The van der Waals surface area contributed by atoms with Crippen LogP contribution in [0, 0.1) is 0 Å². The van der Waals surface area contributed by atoms with Gasteiger partial charge < -0.3 is 9.88 Å². The second-order valence-electron chi connectivity index (χ2n) is 7.04. The van der Waals surface area contributed by atoms with Crippen molar-refractivity contribution in [2.24, 2.45) is 0 Å². The van der Waals surface area contributed by atoms with Crippen molar-refractivity contribution >= 4 is 5.91 Å². The lowest BCUT2D eigenvalue weighted by Crippen LogP contribution is -2.58. The van der Waals surface area contributed by atoms with E-state index in [1.165, 1.54) is 11.3 Å². The van der Waals surface area contributed by atoms with Crippen molar-refractivity contribution < 1.29 is 4.79 Å². The van der Waals surface area contributed by atoms with Crippen molar-refractivity contribution in [1.29, 1.82) is 0 Å². The van der Waals surface area contributed by atoms with E-state index in [9.17, 15) is 4.79 Å². The Hall–Kier alpha value is -2.21. The van der Waals surface area contributed by atoms with Gasteiger partial charge in [0.05, 0.1) is 17.6 Å². The Morgan fingerprint density at radius 3 is 2.72 bits per heavy atom. The van der Waals surface area contributed by atoms with E-state index in [1.807, 2.05) is 19.3 Å². The molecule has 2 aromatic heterocycles. The number of hydrogen-bond donors (Lipinski definition) is 1. The highest BCUT2D eigenvalue weighted by atomic mass is 16.2. The molecule has 1 saturated heterocycles. The molecule has 0 aliphatic carbocycles. The summed E-state index contributed by atoms with van der Waals surface area (Å²) >= 11 is 0. The standard InChI is InChI=1S/C19H25N5O/c1-2-17(25)24-10-5-16-18(22-14-21-16)19(24)6-11-23(12-7-19)13-15-3-8-20-9-4-15/h3-4,8-9,14H,2,5-7,10-13H2,1H3,(H,21,22). The van der Waals surface area contributed by atoms with Crippen LogP contribution in [-0.2, 0) is 23.3 Å².